The first-order valence-corrected chi connectivity index (χ1v) is 7.15. The SMILES string of the molecule is Cn1cc(S(=O)(=O)NCCc2cccnc2)c(N)n1. The minimum Gasteiger partial charge on any atom is -0.381 e. The normalized spacial score (nSPS) is 11.6. The molecule has 0 fully saturated rings. The number of aromatic nitrogens is 3. The molecule has 2 rings (SSSR count). The minimum absolute atomic E-state index is 0.00110. The van der Waals surface area contributed by atoms with E-state index in [9.17, 15) is 8.42 Å². The molecule has 0 unspecified atom stereocenters. The topological polar surface area (TPSA) is 103 Å². The molecular weight excluding hydrogens is 266 g/mol. The van der Waals surface area contributed by atoms with Crippen molar-refractivity contribution in [3.05, 3.63) is 36.3 Å². The van der Waals surface area contributed by atoms with Gasteiger partial charge < -0.3 is 5.73 Å². The summed E-state index contributed by atoms with van der Waals surface area (Å²) in [5, 5.41) is 3.81. The second-order valence-electron chi connectivity index (χ2n) is 4.06. The molecule has 0 aliphatic heterocycles. The van der Waals surface area contributed by atoms with Crippen LogP contribution in [0.4, 0.5) is 5.82 Å². The summed E-state index contributed by atoms with van der Waals surface area (Å²) in [5.74, 6) is -0.00335. The highest BCUT2D eigenvalue weighted by molar-refractivity contribution is 7.89. The van der Waals surface area contributed by atoms with E-state index in [1.165, 1.54) is 10.9 Å². The van der Waals surface area contributed by atoms with Gasteiger partial charge in [0.15, 0.2) is 5.82 Å². The molecule has 0 aliphatic carbocycles. The van der Waals surface area contributed by atoms with Crippen molar-refractivity contribution in [2.45, 2.75) is 11.3 Å². The predicted molar refractivity (Wildman–Crippen MR) is 70.7 cm³/mol. The first-order chi connectivity index (χ1) is 8.99. The molecule has 0 spiro atoms. The second-order valence-corrected chi connectivity index (χ2v) is 5.80. The Morgan fingerprint density at radius 2 is 2.26 bits per heavy atom. The van der Waals surface area contributed by atoms with Gasteiger partial charge in [0.25, 0.3) is 0 Å². The highest BCUT2D eigenvalue weighted by atomic mass is 32.2. The molecule has 7 nitrogen and oxygen atoms in total. The van der Waals surface area contributed by atoms with Gasteiger partial charge in [0, 0.05) is 32.2 Å². The van der Waals surface area contributed by atoms with Crippen LogP contribution in [0.25, 0.3) is 0 Å². The maximum absolute atomic E-state index is 12.0. The Morgan fingerprint density at radius 1 is 1.47 bits per heavy atom. The van der Waals surface area contributed by atoms with Gasteiger partial charge in [-0.1, -0.05) is 6.07 Å². The average Bonchev–Trinajstić information content (AvgIpc) is 2.70. The van der Waals surface area contributed by atoms with Crippen molar-refractivity contribution in [3.63, 3.8) is 0 Å². The van der Waals surface area contributed by atoms with Gasteiger partial charge in [0.05, 0.1) is 0 Å². The smallest absolute Gasteiger partial charge is 0.245 e. The summed E-state index contributed by atoms with van der Waals surface area (Å²) in [4.78, 5) is 3.97. The van der Waals surface area contributed by atoms with Crippen LogP contribution in [0.15, 0.2) is 35.6 Å². The van der Waals surface area contributed by atoms with E-state index in [2.05, 4.69) is 14.8 Å². The lowest BCUT2D eigenvalue weighted by Crippen LogP contribution is -2.26. The molecule has 2 aromatic rings. The lowest BCUT2D eigenvalue weighted by atomic mass is 10.2. The van der Waals surface area contributed by atoms with E-state index in [1.807, 2.05) is 12.1 Å². The first kappa shape index (κ1) is 13.5. The van der Waals surface area contributed by atoms with Crippen LogP contribution in [0, 0.1) is 0 Å². The molecular formula is C11H15N5O2S. The molecule has 19 heavy (non-hydrogen) atoms. The molecule has 102 valence electrons. The fourth-order valence-corrected chi connectivity index (χ4v) is 2.78. The summed E-state index contributed by atoms with van der Waals surface area (Å²) in [5.41, 5.74) is 6.51. The molecule has 2 aromatic heterocycles. The summed E-state index contributed by atoms with van der Waals surface area (Å²) >= 11 is 0. The van der Waals surface area contributed by atoms with Gasteiger partial charge in [-0.05, 0) is 18.1 Å². The summed E-state index contributed by atoms with van der Waals surface area (Å²) in [6.45, 7) is 0.280. The Labute approximate surface area is 111 Å². The Balaban J connectivity index is 2.01. The maximum Gasteiger partial charge on any atom is 0.245 e. The van der Waals surface area contributed by atoms with Gasteiger partial charge in [0.2, 0.25) is 10.0 Å². The highest BCUT2D eigenvalue weighted by Crippen LogP contribution is 2.14. The Morgan fingerprint density at radius 3 is 2.84 bits per heavy atom. The summed E-state index contributed by atoms with van der Waals surface area (Å²) < 4.78 is 27.8. The van der Waals surface area contributed by atoms with Gasteiger partial charge in [-0.2, -0.15) is 5.10 Å². The number of rotatable bonds is 5. The van der Waals surface area contributed by atoms with E-state index in [1.54, 1.807) is 19.4 Å². The van der Waals surface area contributed by atoms with Crippen molar-refractivity contribution in [2.24, 2.45) is 7.05 Å². The van der Waals surface area contributed by atoms with Crippen LogP contribution in [-0.4, -0.2) is 29.7 Å². The van der Waals surface area contributed by atoms with Crippen molar-refractivity contribution in [1.29, 1.82) is 0 Å². The number of aryl methyl sites for hydroxylation is 1. The molecule has 0 bridgehead atoms. The van der Waals surface area contributed by atoms with Crippen molar-refractivity contribution >= 4 is 15.8 Å². The fraction of sp³-hybridized carbons (Fsp3) is 0.273. The van der Waals surface area contributed by atoms with Crippen LogP contribution >= 0.6 is 0 Å². The van der Waals surface area contributed by atoms with Crippen LogP contribution in [0.1, 0.15) is 5.56 Å². The van der Waals surface area contributed by atoms with Crippen LogP contribution in [0.5, 0.6) is 0 Å². The van der Waals surface area contributed by atoms with Crippen LogP contribution in [-0.2, 0) is 23.5 Å². The molecule has 0 aromatic carbocycles. The molecule has 8 heteroatoms. The molecule has 0 saturated carbocycles. The fourth-order valence-electron chi connectivity index (χ4n) is 1.64. The van der Waals surface area contributed by atoms with E-state index in [4.69, 9.17) is 5.73 Å². The molecule has 0 atom stereocenters. The zero-order chi connectivity index (χ0) is 13.9. The molecule has 3 N–H and O–H groups in total. The van der Waals surface area contributed by atoms with Gasteiger partial charge in [-0.25, -0.2) is 13.1 Å². The number of sulfonamides is 1. The van der Waals surface area contributed by atoms with Crippen molar-refractivity contribution in [2.75, 3.05) is 12.3 Å². The summed E-state index contributed by atoms with van der Waals surface area (Å²) in [6.07, 6.45) is 5.31. The number of nitrogens with one attached hydrogen (secondary N) is 1. The monoisotopic (exact) mass is 281 g/mol. The summed E-state index contributed by atoms with van der Waals surface area (Å²) in [7, 11) is -2.00. The predicted octanol–water partition coefficient (Wildman–Crippen LogP) is -0.0817. The van der Waals surface area contributed by atoms with Crippen molar-refractivity contribution in [1.82, 2.24) is 19.5 Å². The Kier molecular flexibility index (Phi) is 3.82. The van der Waals surface area contributed by atoms with Crippen LogP contribution < -0.4 is 10.5 Å². The highest BCUT2D eigenvalue weighted by Gasteiger charge is 2.19. The Hall–Kier alpha value is -1.93. The zero-order valence-electron chi connectivity index (χ0n) is 10.4. The number of hydrogen-bond donors (Lipinski definition) is 2. The third kappa shape index (κ3) is 3.30. The van der Waals surface area contributed by atoms with Crippen LogP contribution in [0.2, 0.25) is 0 Å². The van der Waals surface area contributed by atoms with E-state index < -0.39 is 10.0 Å². The van der Waals surface area contributed by atoms with Crippen molar-refractivity contribution < 1.29 is 8.42 Å². The Bertz CT molecular complexity index is 651. The third-order valence-corrected chi connectivity index (χ3v) is 4.02. The zero-order valence-corrected chi connectivity index (χ0v) is 11.3. The van der Waals surface area contributed by atoms with Gasteiger partial charge in [-0.3, -0.25) is 9.67 Å². The van der Waals surface area contributed by atoms with E-state index >= 15 is 0 Å². The van der Waals surface area contributed by atoms with Gasteiger partial charge in [-0.15, -0.1) is 0 Å². The number of pyridine rings is 1. The molecule has 0 aliphatic rings. The van der Waals surface area contributed by atoms with Crippen molar-refractivity contribution in [3.8, 4) is 0 Å². The number of anilines is 1. The molecule has 0 radical (unpaired) electrons. The van der Waals surface area contributed by atoms with E-state index in [-0.39, 0.29) is 17.3 Å². The third-order valence-electron chi connectivity index (χ3n) is 2.54. The van der Waals surface area contributed by atoms with Gasteiger partial charge >= 0.3 is 0 Å². The number of hydrogen-bond acceptors (Lipinski definition) is 5. The number of nitrogens with two attached hydrogens (primary N) is 1. The second kappa shape index (κ2) is 5.37. The van der Waals surface area contributed by atoms with E-state index in [0.717, 1.165) is 5.56 Å². The van der Waals surface area contributed by atoms with Gasteiger partial charge in [0.1, 0.15) is 4.90 Å². The lowest BCUT2D eigenvalue weighted by Gasteiger charge is -2.05. The number of nitrogens with zero attached hydrogens (tertiary/aromatic N) is 3. The summed E-state index contributed by atoms with van der Waals surface area (Å²) in [6, 6.07) is 3.70. The minimum atomic E-state index is -3.62. The number of nitrogen functional groups attached to an aromatic ring is 1. The maximum atomic E-state index is 12.0. The van der Waals surface area contributed by atoms with E-state index in [0.29, 0.717) is 6.42 Å². The largest absolute Gasteiger partial charge is 0.381 e. The molecule has 2 heterocycles. The molecule has 0 amide bonds. The quantitative estimate of drug-likeness (QED) is 0.798. The average molecular weight is 281 g/mol. The standard InChI is InChI=1S/C11H15N5O2S/c1-16-8-10(11(12)15-16)19(17,18)14-6-4-9-3-2-5-13-7-9/h2-3,5,7-8,14H,4,6H2,1H3,(H2,12,15). The van der Waals surface area contributed by atoms with Crippen LogP contribution in [0.3, 0.4) is 0 Å². The lowest BCUT2D eigenvalue weighted by molar-refractivity contribution is 0.582. The molecule has 0 saturated heterocycles. The first-order valence-electron chi connectivity index (χ1n) is 5.67.